The van der Waals surface area contributed by atoms with Gasteiger partial charge in [-0.15, -0.1) is 0 Å². The summed E-state index contributed by atoms with van der Waals surface area (Å²) in [7, 11) is 1.60. The normalized spacial score (nSPS) is 20.9. The highest BCUT2D eigenvalue weighted by atomic mass is 35.5. The van der Waals surface area contributed by atoms with Crippen molar-refractivity contribution in [1.29, 1.82) is 0 Å². The highest BCUT2D eigenvalue weighted by Gasteiger charge is 2.34. The van der Waals surface area contributed by atoms with E-state index in [1.54, 1.807) is 19.2 Å². The minimum absolute atomic E-state index is 0.0787. The first kappa shape index (κ1) is 18.9. The fraction of sp³-hybridized carbons (Fsp3) is 0.562. The Morgan fingerprint density at radius 3 is 2.62 bits per heavy atom. The molecule has 1 aromatic carbocycles. The molecule has 0 saturated carbocycles. The molecule has 0 bridgehead atoms. The second-order valence-corrected chi connectivity index (χ2v) is 6.26. The standard InChI is InChI=1S/C16H20ClF3N2O2/c1-22(15(23)24-8-2-7-16(18,19)20)14-10-21-9-13(14)11-3-5-12(17)6-4-11/h3-6,13-14,21H,2,7-10H2,1H3/t13-,14+/m1/s1. The summed E-state index contributed by atoms with van der Waals surface area (Å²) in [5.74, 6) is 0.0787. The van der Waals surface area contributed by atoms with Crippen LogP contribution in [0.2, 0.25) is 5.02 Å². The first-order valence-corrected chi connectivity index (χ1v) is 8.08. The number of nitrogens with zero attached hydrogens (tertiary/aromatic N) is 1. The summed E-state index contributed by atoms with van der Waals surface area (Å²) in [5.41, 5.74) is 1.05. The van der Waals surface area contributed by atoms with Crippen LogP contribution in [0.15, 0.2) is 24.3 Å². The van der Waals surface area contributed by atoms with E-state index in [1.807, 2.05) is 12.1 Å². The minimum Gasteiger partial charge on any atom is -0.449 e. The van der Waals surface area contributed by atoms with E-state index >= 15 is 0 Å². The molecule has 1 amide bonds. The van der Waals surface area contributed by atoms with Gasteiger partial charge in [-0.3, -0.25) is 0 Å². The maximum atomic E-state index is 12.1. The van der Waals surface area contributed by atoms with Crippen molar-refractivity contribution in [2.45, 2.75) is 31.0 Å². The lowest BCUT2D eigenvalue weighted by Crippen LogP contribution is -2.41. The summed E-state index contributed by atoms with van der Waals surface area (Å²) in [4.78, 5) is 13.5. The van der Waals surface area contributed by atoms with Crippen molar-refractivity contribution in [3.05, 3.63) is 34.9 Å². The Bertz CT molecular complexity index is 551. The van der Waals surface area contributed by atoms with Crippen LogP contribution in [0.5, 0.6) is 0 Å². The Morgan fingerprint density at radius 2 is 2.00 bits per heavy atom. The van der Waals surface area contributed by atoms with E-state index in [4.69, 9.17) is 16.3 Å². The van der Waals surface area contributed by atoms with Crippen LogP contribution in [0, 0.1) is 0 Å². The molecule has 134 valence electrons. The lowest BCUT2D eigenvalue weighted by molar-refractivity contribution is -0.137. The molecule has 1 saturated heterocycles. The lowest BCUT2D eigenvalue weighted by atomic mass is 9.94. The van der Waals surface area contributed by atoms with E-state index in [0.29, 0.717) is 18.1 Å². The van der Waals surface area contributed by atoms with Gasteiger partial charge in [-0.1, -0.05) is 23.7 Å². The fourth-order valence-electron chi connectivity index (χ4n) is 2.79. The molecule has 1 aromatic rings. The van der Waals surface area contributed by atoms with E-state index in [-0.39, 0.29) is 25.0 Å². The SMILES string of the molecule is CN(C(=O)OCCCC(F)(F)F)[C@H]1CNC[C@@H]1c1ccc(Cl)cc1. The molecule has 4 nitrogen and oxygen atoms in total. The number of nitrogens with one attached hydrogen (secondary N) is 1. The van der Waals surface area contributed by atoms with Gasteiger partial charge in [0, 0.05) is 37.5 Å². The summed E-state index contributed by atoms with van der Waals surface area (Å²) in [6, 6.07) is 7.29. The van der Waals surface area contributed by atoms with Crippen LogP contribution < -0.4 is 5.32 Å². The van der Waals surface area contributed by atoms with Gasteiger partial charge >= 0.3 is 12.3 Å². The third-order valence-corrected chi connectivity index (χ3v) is 4.35. The Morgan fingerprint density at radius 1 is 1.33 bits per heavy atom. The van der Waals surface area contributed by atoms with E-state index in [1.165, 1.54) is 4.90 Å². The monoisotopic (exact) mass is 364 g/mol. The number of carbonyl (C=O) groups is 1. The smallest absolute Gasteiger partial charge is 0.409 e. The predicted octanol–water partition coefficient (Wildman–Crippen LogP) is 3.81. The average molecular weight is 365 g/mol. The van der Waals surface area contributed by atoms with Crippen molar-refractivity contribution in [3.8, 4) is 0 Å². The quantitative estimate of drug-likeness (QED) is 0.808. The highest BCUT2D eigenvalue weighted by molar-refractivity contribution is 6.30. The molecule has 1 N–H and O–H groups in total. The number of likely N-dealkylation sites (N-methyl/N-ethyl adjacent to an activating group) is 1. The molecule has 1 fully saturated rings. The van der Waals surface area contributed by atoms with Crippen molar-refractivity contribution in [2.24, 2.45) is 0 Å². The van der Waals surface area contributed by atoms with Gasteiger partial charge in [-0.05, 0) is 24.1 Å². The molecule has 0 aromatic heterocycles. The molecule has 1 heterocycles. The van der Waals surface area contributed by atoms with Gasteiger partial charge in [0.15, 0.2) is 0 Å². The van der Waals surface area contributed by atoms with Crippen molar-refractivity contribution in [1.82, 2.24) is 10.2 Å². The number of amides is 1. The van der Waals surface area contributed by atoms with Gasteiger partial charge in [0.05, 0.1) is 12.6 Å². The Hall–Kier alpha value is -1.47. The zero-order valence-corrected chi connectivity index (χ0v) is 14.0. The van der Waals surface area contributed by atoms with Crippen molar-refractivity contribution < 1.29 is 22.7 Å². The van der Waals surface area contributed by atoms with Crippen molar-refractivity contribution in [3.63, 3.8) is 0 Å². The predicted molar refractivity (Wildman–Crippen MR) is 85.3 cm³/mol. The van der Waals surface area contributed by atoms with Crippen LogP contribution in [0.3, 0.4) is 0 Å². The Balaban J connectivity index is 1.89. The second kappa shape index (κ2) is 8.07. The first-order chi connectivity index (χ1) is 11.3. The van der Waals surface area contributed by atoms with Crippen LogP contribution >= 0.6 is 11.6 Å². The first-order valence-electron chi connectivity index (χ1n) is 7.70. The summed E-state index contributed by atoms with van der Waals surface area (Å²) in [6.45, 7) is 1.06. The third-order valence-electron chi connectivity index (χ3n) is 4.10. The van der Waals surface area contributed by atoms with Crippen LogP contribution in [-0.2, 0) is 4.74 Å². The number of hydrogen-bond donors (Lipinski definition) is 1. The van der Waals surface area contributed by atoms with Gasteiger partial charge in [-0.2, -0.15) is 13.2 Å². The van der Waals surface area contributed by atoms with E-state index in [2.05, 4.69) is 5.32 Å². The molecule has 8 heteroatoms. The topological polar surface area (TPSA) is 41.6 Å². The molecule has 0 radical (unpaired) electrons. The van der Waals surface area contributed by atoms with Crippen LogP contribution in [0.1, 0.15) is 24.3 Å². The number of rotatable bonds is 5. The largest absolute Gasteiger partial charge is 0.449 e. The van der Waals surface area contributed by atoms with Gasteiger partial charge in [0.25, 0.3) is 0 Å². The molecule has 0 unspecified atom stereocenters. The lowest BCUT2D eigenvalue weighted by Gasteiger charge is -2.28. The van der Waals surface area contributed by atoms with E-state index < -0.39 is 18.7 Å². The van der Waals surface area contributed by atoms with E-state index in [9.17, 15) is 18.0 Å². The molecule has 24 heavy (non-hydrogen) atoms. The molecule has 2 atom stereocenters. The average Bonchev–Trinajstić information content (AvgIpc) is 3.00. The minimum atomic E-state index is -4.23. The summed E-state index contributed by atoms with van der Waals surface area (Å²) in [5, 5.41) is 3.86. The summed E-state index contributed by atoms with van der Waals surface area (Å²) >= 11 is 5.89. The van der Waals surface area contributed by atoms with Crippen LogP contribution in [0.4, 0.5) is 18.0 Å². The van der Waals surface area contributed by atoms with Crippen molar-refractivity contribution in [2.75, 3.05) is 26.7 Å². The zero-order valence-electron chi connectivity index (χ0n) is 13.3. The number of halogens is 4. The van der Waals surface area contributed by atoms with Gasteiger partial charge in [-0.25, -0.2) is 4.79 Å². The summed E-state index contributed by atoms with van der Waals surface area (Å²) < 4.78 is 41.2. The highest BCUT2D eigenvalue weighted by Crippen LogP contribution is 2.28. The van der Waals surface area contributed by atoms with Crippen LogP contribution in [-0.4, -0.2) is 50.0 Å². The number of hydrogen-bond acceptors (Lipinski definition) is 3. The second-order valence-electron chi connectivity index (χ2n) is 5.83. The number of ether oxygens (including phenoxy) is 1. The Labute approximate surface area is 143 Å². The van der Waals surface area contributed by atoms with Gasteiger partial charge < -0.3 is 15.0 Å². The fourth-order valence-corrected chi connectivity index (χ4v) is 2.92. The number of benzene rings is 1. The third kappa shape index (κ3) is 5.27. The molecule has 0 aliphatic carbocycles. The molecular formula is C16H20ClF3N2O2. The Kier molecular flexibility index (Phi) is 6.34. The molecular weight excluding hydrogens is 345 g/mol. The van der Waals surface area contributed by atoms with Gasteiger partial charge in [0.1, 0.15) is 0 Å². The summed E-state index contributed by atoms with van der Waals surface area (Å²) in [6.07, 6.45) is -6.02. The molecule has 0 spiro atoms. The molecule has 1 aliphatic rings. The van der Waals surface area contributed by atoms with Crippen molar-refractivity contribution >= 4 is 17.7 Å². The van der Waals surface area contributed by atoms with Crippen LogP contribution in [0.25, 0.3) is 0 Å². The number of carbonyl (C=O) groups excluding carboxylic acids is 1. The van der Waals surface area contributed by atoms with Gasteiger partial charge in [0.2, 0.25) is 0 Å². The van der Waals surface area contributed by atoms with E-state index in [0.717, 1.165) is 5.56 Å². The zero-order chi connectivity index (χ0) is 17.7. The number of alkyl halides is 3. The maximum absolute atomic E-state index is 12.1. The maximum Gasteiger partial charge on any atom is 0.409 e. The molecule has 1 aliphatic heterocycles. The molecule has 2 rings (SSSR count).